The third-order valence-electron chi connectivity index (χ3n) is 0.949. The van der Waals surface area contributed by atoms with Gasteiger partial charge in [-0.2, -0.15) is 0 Å². The van der Waals surface area contributed by atoms with Crippen molar-refractivity contribution in [3.05, 3.63) is 0 Å². The fraction of sp³-hybridized carbons (Fsp3) is 1.00. The zero-order valence-electron chi connectivity index (χ0n) is 8.60. The van der Waals surface area contributed by atoms with Crippen LogP contribution < -0.4 is 0 Å². The first-order valence-corrected chi connectivity index (χ1v) is 3.81. The van der Waals surface area contributed by atoms with E-state index >= 15 is 0 Å². The lowest BCUT2D eigenvalue weighted by molar-refractivity contribution is -0.868. The number of hydrogen-bond acceptors (Lipinski definition) is 1. The number of hydrogen-bond donors (Lipinski definition) is 1. The molecule has 0 saturated heterocycles. The van der Waals surface area contributed by atoms with Gasteiger partial charge in [0.2, 0.25) is 0 Å². The molecule has 0 aromatic carbocycles. The van der Waals surface area contributed by atoms with Gasteiger partial charge in [0.05, 0.1) is 27.7 Å². The smallest absolute Gasteiger partial charge is 0.0751 e. The average Bonchev–Trinajstić information content (AvgIpc) is 1.95. The van der Waals surface area contributed by atoms with Crippen molar-refractivity contribution >= 4 is 0 Å². The van der Waals surface area contributed by atoms with E-state index in [1.165, 1.54) is 6.54 Å². The van der Waals surface area contributed by atoms with Gasteiger partial charge in [-0.05, 0) is 6.92 Å². The van der Waals surface area contributed by atoms with Crippen LogP contribution in [-0.2, 0) is 0 Å². The monoisotopic (exact) mass is 150 g/mol. The summed E-state index contributed by atoms with van der Waals surface area (Å²) < 4.78 is 1.07. The molecule has 0 aromatic rings. The van der Waals surface area contributed by atoms with Gasteiger partial charge in [0.1, 0.15) is 0 Å². The molecule has 0 amide bonds. The van der Waals surface area contributed by atoms with Crippen molar-refractivity contribution in [2.45, 2.75) is 20.8 Å². The highest BCUT2D eigenvalue weighted by molar-refractivity contribution is 4.06. The van der Waals surface area contributed by atoms with Crippen molar-refractivity contribution in [2.75, 3.05) is 34.8 Å². The van der Waals surface area contributed by atoms with Crippen molar-refractivity contribution < 1.29 is 9.59 Å². The van der Waals surface area contributed by atoms with E-state index in [4.69, 9.17) is 5.11 Å². The first kappa shape index (κ1) is 16.5. The highest BCUT2D eigenvalue weighted by Gasteiger charge is 1.97. The van der Waals surface area contributed by atoms with E-state index < -0.39 is 0 Å². The minimum absolute atomic E-state index is 1.00. The first-order chi connectivity index (χ1) is 4.56. The molecule has 0 aromatic heterocycles. The van der Waals surface area contributed by atoms with Gasteiger partial charge in [-0.3, -0.25) is 0 Å². The Morgan fingerprint density at radius 3 is 1.10 bits per heavy atom. The molecule has 0 fully saturated rings. The van der Waals surface area contributed by atoms with Crippen molar-refractivity contribution in [1.82, 2.24) is 0 Å². The van der Waals surface area contributed by atoms with Crippen LogP contribution in [0.2, 0.25) is 0 Å². The zero-order valence-corrected chi connectivity index (χ0v) is 8.60. The molecule has 2 nitrogen and oxygen atoms in total. The normalized spacial score (nSPS) is 8.40. The molecule has 66 valence electrons. The van der Waals surface area contributed by atoms with Crippen molar-refractivity contribution in [3.63, 3.8) is 0 Å². The van der Waals surface area contributed by atoms with Crippen LogP contribution in [0.15, 0.2) is 0 Å². The minimum atomic E-state index is 1.00. The molecule has 0 aliphatic carbocycles. The Morgan fingerprint density at radius 1 is 1.00 bits per heavy atom. The second-order valence-electron chi connectivity index (χ2n) is 2.61. The lowest BCUT2D eigenvalue weighted by Crippen LogP contribution is -2.33. The second kappa shape index (κ2) is 11.7. The molecule has 0 radical (unpaired) electrons. The van der Waals surface area contributed by atoms with Crippen LogP contribution in [0.3, 0.4) is 0 Å². The Kier molecular flexibility index (Phi) is 19.3. The third kappa shape index (κ3) is 44.5. The molecule has 0 aliphatic rings. The van der Waals surface area contributed by atoms with Gasteiger partial charge in [0.25, 0.3) is 0 Å². The van der Waals surface area contributed by atoms with E-state index in [9.17, 15) is 0 Å². The highest BCUT2D eigenvalue weighted by Crippen LogP contribution is 1.83. The molecule has 1 N–H and O–H groups in total. The summed E-state index contributed by atoms with van der Waals surface area (Å²) in [5.74, 6) is 0. The summed E-state index contributed by atoms with van der Waals surface area (Å²) in [6.45, 7) is 7.39. The SMILES string of the molecule is CC.CC[N+](C)(C)C.CO. The van der Waals surface area contributed by atoms with Crippen molar-refractivity contribution in [1.29, 1.82) is 0 Å². The second-order valence-corrected chi connectivity index (χ2v) is 2.61. The third-order valence-corrected chi connectivity index (χ3v) is 0.949. The highest BCUT2D eigenvalue weighted by atomic mass is 16.2. The summed E-state index contributed by atoms with van der Waals surface area (Å²) in [6, 6.07) is 0. The molecule has 0 heterocycles. The molecule has 0 rings (SSSR count). The van der Waals surface area contributed by atoms with Crippen LogP contribution >= 0.6 is 0 Å². The van der Waals surface area contributed by atoms with Gasteiger partial charge in [-0.25, -0.2) is 0 Å². The predicted octanol–water partition coefficient (Wildman–Crippen LogP) is 1.35. The van der Waals surface area contributed by atoms with E-state index in [1.807, 2.05) is 13.8 Å². The maximum Gasteiger partial charge on any atom is 0.0751 e. The van der Waals surface area contributed by atoms with E-state index in [-0.39, 0.29) is 0 Å². The van der Waals surface area contributed by atoms with Crippen molar-refractivity contribution in [3.8, 4) is 0 Å². The number of aliphatic hydroxyl groups is 1. The predicted molar refractivity (Wildman–Crippen MR) is 48.1 cm³/mol. The van der Waals surface area contributed by atoms with Gasteiger partial charge in [-0.1, -0.05) is 13.8 Å². The Balaban J connectivity index is -0.000000105. The summed E-state index contributed by atoms with van der Waals surface area (Å²) in [5, 5.41) is 7.00. The van der Waals surface area contributed by atoms with Crippen LogP contribution in [0.25, 0.3) is 0 Å². The lowest BCUT2D eigenvalue weighted by atomic mass is 10.6. The van der Waals surface area contributed by atoms with Crippen LogP contribution in [0.5, 0.6) is 0 Å². The van der Waals surface area contributed by atoms with Gasteiger partial charge in [0.15, 0.2) is 0 Å². The van der Waals surface area contributed by atoms with E-state index in [0.717, 1.165) is 11.6 Å². The van der Waals surface area contributed by atoms with E-state index in [1.54, 1.807) is 0 Å². The Bertz CT molecular complexity index is 39.0. The Labute approximate surface area is 66.1 Å². The van der Waals surface area contributed by atoms with Gasteiger partial charge >= 0.3 is 0 Å². The molecule has 0 spiro atoms. The molecule has 0 unspecified atom stereocenters. The molecule has 0 saturated carbocycles. The summed E-state index contributed by atoms with van der Waals surface area (Å²) in [5.41, 5.74) is 0. The van der Waals surface area contributed by atoms with Crippen LogP contribution in [0.4, 0.5) is 0 Å². The van der Waals surface area contributed by atoms with Crippen LogP contribution in [0.1, 0.15) is 20.8 Å². The van der Waals surface area contributed by atoms with Gasteiger partial charge in [0, 0.05) is 7.11 Å². The average molecular weight is 150 g/mol. The topological polar surface area (TPSA) is 20.2 Å². The van der Waals surface area contributed by atoms with Crippen molar-refractivity contribution in [2.24, 2.45) is 0 Å². The largest absolute Gasteiger partial charge is 0.400 e. The molecule has 10 heavy (non-hydrogen) atoms. The summed E-state index contributed by atoms with van der Waals surface area (Å²) in [4.78, 5) is 0. The minimum Gasteiger partial charge on any atom is -0.400 e. The van der Waals surface area contributed by atoms with E-state index in [0.29, 0.717) is 0 Å². The lowest BCUT2D eigenvalue weighted by Gasteiger charge is -2.20. The molecule has 0 bridgehead atoms. The van der Waals surface area contributed by atoms with Gasteiger partial charge in [-0.15, -0.1) is 0 Å². The number of rotatable bonds is 1. The summed E-state index contributed by atoms with van der Waals surface area (Å²) in [6.07, 6.45) is 0. The fourth-order valence-corrected chi connectivity index (χ4v) is 0. The first-order valence-electron chi connectivity index (χ1n) is 3.81. The zero-order chi connectivity index (χ0) is 9.21. The molecular weight excluding hydrogens is 126 g/mol. The number of quaternary nitrogens is 1. The summed E-state index contributed by atoms with van der Waals surface area (Å²) >= 11 is 0. The van der Waals surface area contributed by atoms with Gasteiger partial charge < -0.3 is 9.59 Å². The maximum atomic E-state index is 7.00. The molecule has 0 aliphatic heterocycles. The molecule has 2 heteroatoms. The molecular formula is C8H24NO+. The summed E-state index contributed by atoms with van der Waals surface area (Å²) in [7, 11) is 7.54. The van der Waals surface area contributed by atoms with Crippen LogP contribution in [0, 0.1) is 0 Å². The maximum absolute atomic E-state index is 7.00. The number of aliphatic hydroxyl groups excluding tert-OH is 1. The number of nitrogens with zero attached hydrogens (tertiary/aromatic N) is 1. The quantitative estimate of drug-likeness (QED) is 0.559. The fourth-order valence-electron chi connectivity index (χ4n) is 0. The molecule has 0 atom stereocenters. The standard InChI is InChI=1S/C5H14N.C2H6.CH4O/c1-5-6(2,3)4;2*1-2/h5H2,1-4H3;1-2H3;2H,1H3/q+1;;. The Hall–Kier alpha value is -0.0800. The Morgan fingerprint density at radius 2 is 1.10 bits per heavy atom. The van der Waals surface area contributed by atoms with E-state index in [2.05, 4.69) is 28.1 Å². The van der Waals surface area contributed by atoms with Crippen LogP contribution in [-0.4, -0.2) is 44.4 Å².